The van der Waals surface area contributed by atoms with Gasteiger partial charge in [-0.05, 0) is 31.2 Å². The van der Waals surface area contributed by atoms with E-state index in [4.69, 9.17) is 9.26 Å². The van der Waals surface area contributed by atoms with Crippen LogP contribution in [0.15, 0.2) is 53.1 Å². The summed E-state index contributed by atoms with van der Waals surface area (Å²) >= 11 is 0. The molecule has 6 nitrogen and oxygen atoms in total. The van der Waals surface area contributed by atoms with Crippen molar-refractivity contribution in [1.82, 2.24) is 5.16 Å². The lowest BCUT2D eigenvalue weighted by Gasteiger charge is -2.10. The van der Waals surface area contributed by atoms with Crippen molar-refractivity contribution in [3.63, 3.8) is 0 Å². The monoisotopic (exact) mass is 324 g/mol. The second-order valence-electron chi connectivity index (χ2n) is 5.13. The van der Waals surface area contributed by atoms with Crippen LogP contribution in [0.2, 0.25) is 0 Å². The topological polar surface area (TPSA) is 84.6 Å². The molecule has 2 aromatic carbocycles. The predicted octanol–water partition coefficient (Wildman–Crippen LogP) is 3.62. The van der Waals surface area contributed by atoms with Gasteiger partial charge in [0.1, 0.15) is 28.5 Å². The quantitative estimate of drug-likeness (QED) is 0.766. The molecule has 0 unspecified atom stereocenters. The Kier molecular flexibility index (Phi) is 4.20. The summed E-state index contributed by atoms with van der Waals surface area (Å²) in [6.07, 6.45) is 0. The summed E-state index contributed by atoms with van der Waals surface area (Å²) < 4.78 is 10.4. The summed E-state index contributed by atoms with van der Waals surface area (Å²) in [6.45, 7) is 1.65. The van der Waals surface area contributed by atoms with Gasteiger partial charge in [0.25, 0.3) is 5.91 Å². The first-order valence-electron chi connectivity index (χ1n) is 7.31. The van der Waals surface area contributed by atoms with Crippen molar-refractivity contribution in [3.05, 3.63) is 59.9 Å². The number of rotatable bonds is 4. The molecule has 0 saturated heterocycles. The van der Waals surface area contributed by atoms with Crippen molar-refractivity contribution < 1.29 is 19.2 Å². The highest BCUT2D eigenvalue weighted by Gasteiger charge is 2.24. The molecule has 0 fully saturated rings. The van der Waals surface area contributed by atoms with Gasteiger partial charge in [0.2, 0.25) is 0 Å². The Morgan fingerprint density at radius 3 is 2.62 bits per heavy atom. The molecule has 24 heavy (non-hydrogen) atoms. The fourth-order valence-corrected chi connectivity index (χ4v) is 2.43. The van der Waals surface area contributed by atoms with E-state index in [0.717, 1.165) is 0 Å². The maximum atomic E-state index is 12.7. The third kappa shape index (κ3) is 2.81. The van der Waals surface area contributed by atoms with E-state index in [1.165, 1.54) is 13.2 Å². The van der Waals surface area contributed by atoms with Crippen LogP contribution in [0.5, 0.6) is 11.5 Å². The molecule has 0 aliphatic heterocycles. The molecule has 0 aliphatic rings. The van der Waals surface area contributed by atoms with Gasteiger partial charge < -0.3 is 19.7 Å². The van der Waals surface area contributed by atoms with Crippen LogP contribution in [-0.2, 0) is 0 Å². The minimum atomic E-state index is -0.392. The standard InChI is InChI=1S/C18H16N2O4/c1-11-16(17(20-24-11)12-7-3-5-9-14(12)21)18(22)19-13-8-4-6-10-15(13)23-2/h3-10,21H,1-2H3,(H,19,22). The molecule has 0 radical (unpaired) electrons. The van der Waals surface area contributed by atoms with E-state index < -0.39 is 5.91 Å². The molecule has 0 atom stereocenters. The van der Waals surface area contributed by atoms with Crippen LogP contribution < -0.4 is 10.1 Å². The van der Waals surface area contributed by atoms with Crippen LogP contribution >= 0.6 is 0 Å². The van der Waals surface area contributed by atoms with E-state index in [0.29, 0.717) is 22.8 Å². The third-order valence-electron chi connectivity index (χ3n) is 3.60. The summed E-state index contributed by atoms with van der Waals surface area (Å²) in [5.74, 6) is 0.540. The molecular weight excluding hydrogens is 308 g/mol. The minimum absolute atomic E-state index is 0.0251. The van der Waals surface area contributed by atoms with Gasteiger partial charge in [-0.2, -0.15) is 0 Å². The van der Waals surface area contributed by atoms with Gasteiger partial charge in [-0.15, -0.1) is 0 Å². The highest BCUT2D eigenvalue weighted by atomic mass is 16.5. The van der Waals surface area contributed by atoms with Crippen molar-refractivity contribution >= 4 is 11.6 Å². The number of aromatic nitrogens is 1. The molecule has 0 bridgehead atoms. The van der Waals surface area contributed by atoms with Crippen LogP contribution in [0.25, 0.3) is 11.3 Å². The molecular formula is C18H16N2O4. The average Bonchev–Trinajstić information content (AvgIpc) is 2.97. The number of phenolic OH excluding ortho intramolecular Hbond substituents is 1. The number of methoxy groups -OCH3 is 1. The number of phenols is 1. The summed E-state index contributed by atoms with van der Waals surface area (Å²) in [6, 6.07) is 13.7. The lowest BCUT2D eigenvalue weighted by atomic mass is 10.0. The first-order valence-corrected chi connectivity index (χ1v) is 7.31. The number of ether oxygens (including phenoxy) is 1. The number of anilines is 1. The number of nitrogens with one attached hydrogen (secondary N) is 1. The third-order valence-corrected chi connectivity index (χ3v) is 3.60. The normalized spacial score (nSPS) is 10.4. The van der Waals surface area contributed by atoms with Gasteiger partial charge in [-0.25, -0.2) is 0 Å². The van der Waals surface area contributed by atoms with Crippen molar-refractivity contribution in [1.29, 1.82) is 0 Å². The molecule has 1 amide bonds. The fourth-order valence-electron chi connectivity index (χ4n) is 2.43. The number of nitrogens with zero attached hydrogens (tertiary/aromatic N) is 1. The maximum absolute atomic E-state index is 12.7. The molecule has 3 aromatic rings. The minimum Gasteiger partial charge on any atom is -0.507 e. The smallest absolute Gasteiger partial charge is 0.261 e. The number of para-hydroxylation sites is 3. The lowest BCUT2D eigenvalue weighted by molar-refractivity contribution is 0.102. The van der Waals surface area contributed by atoms with Crippen LogP contribution in [0.1, 0.15) is 16.1 Å². The van der Waals surface area contributed by atoms with Crippen molar-refractivity contribution in [2.24, 2.45) is 0 Å². The van der Waals surface area contributed by atoms with Gasteiger partial charge in [-0.1, -0.05) is 29.4 Å². The van der Waals surface area contributed by atoms with Crippen molar-refractivity contribution in [3.8, 4) is 22.8 Å². The van der Waals surface area contributed by atoms with E-state index in [1.807, 2.05) is 6.07 Å². The summed E-state index contributed by atoms with van der Waals surface area (Å²) in [5.41, 5.74) is 1.52. The van der Waals surface area contributed by atoms with Crippen LogP contribution in [0.3, 0.4) is 0 Å². The first-order chi connectivity index (χ1) is 11.6. The second kappa shape index (κ2) is 6.45. The van der Waals surface area contributed by atoms with Gasteiger partial charge >= 0.3 is 0 Å². The Bertz CT molecular complexity index is 886. The largest absolute Gasteiger partial charge is 0.507 e. The Labute approximate surface area is 138 Å². The molecule has 1 aromatic heterocycles. The van der Waals surface area contributed by atoms with Gasteiger partial charge in [0, 0.05) is 5.56 Å². The zero-order chi connectivity index (χ0) is 17.1. The zero-order valence-electron chi connectivity index (χ0n) is 13.2. The Hall–Kier alpha value is -3.28. The van der Waals surface area contributed by atoms with E-state index >= 15 is 0 Å². The number of carbonyl (C=O) groups is 1. The molecule has 6 heteroatoms. The number of carbonyl (C=O) groups excluding carboxylic acids is 1. The van der Waals surface area contributed by atoms with Crippen LogP contribution in [-0.4, -0.2) is 23.3 Å². The molecule has 122 valence electrons. The highest BCUT2D eigenvalue weighted by molar-refractivity contribution is 6.09. The Morgan fingerprint density at radius 2 is 1.88 bits per heavy atom. The highest BCUT2D eigenvalue weighted by Crippen LogP contribution is 2.33. The summed E-state index contributed by atoms with van der Waals surface area (Å²) in [5, 5.41) is 16.7. The molecule has 0 spiro atoms. The number of aromatic hydroxyl groups is 1. The SMILES string of the molecule is COc1ccccc1NC(=O)c1c(-c2ccccc2O)noc1C. The van der Waals surface area contributed by atoms with E-state index in [-0.39, 0.29) is 17.0 Å². The number of benzene rings is 2. The second-order valence-corrected chi connectivity index (χ2v) is 5.13. The summed E-state index contributed by atoms with van der Waals surface area (Å²) in [4.78, 5) is 12.7. The van der Waals surface area contributed by atoms with Crippen molar-refractivity contribution in [2.75, 3.05) is 12.4 Å². The molecule has 2 N–H and O–H groups in total. The summed E-state index contributed by atoms with van der Waals surface area (Å²) in [7, 11) is 1.53. The van der Waals surface area contributed by atoms with E-state index in [1.54, 1.807) is 43.3 Å². The predicted molar refractivity (Wildman–Crippen MR) is 89.3 cm³/mol. The van der Waals surface area contributed by atoms with E-state index in [2.05, 4.69) is 10.5 Å². The molecule has 3 rings (SSSR count). The molecule has 0 saturated carbocycles. The number of aryl methyl sites for hydroxylation is 1. The Balaban J connectivity index is 2.00. The fraction of sp³-hybridized carbons (Fsp3) is 0.111. The van der Waals surface area contributed by atoms with Gasteiger partial charge in [0.05, 0.1) is 12.8 Å². The Morgan fingerprint density at radius 1 is 1.17 bits per heavy atom. The van der Waals surface area contributed by atoms with Gasteiger partial charge in [0.15, 0.2) is 0 Å². The number of amides is 1. The lowest BCUT2D eigenvalue weighted by Crippen LogP contribution is -2.14. The average molecular weight is 324 g/mol. The number of hydrogen-bond donors (Lipinski definition) is 2. The zero-order valence-corrected chi connectivity index (χ0v) is 13.2. The van der Waals surface area contributed by atoms with Crippen LogP contribution in [0, 0.1) is 6.92 Å². The van der Waals surface area contributed by atoms with E-state index in [9.17, 15) is 9.90 Å². The number of hydrogen-bond acceptors (Lipinski definition) is 5. The maximum Gasteiger partial charge on any atom is 0.261 e. The molecule has 1 heterocycles. The molecule has 0 aliphatic carbocycles. The van der Waals surface area contributed by atoms with Gasteiger partial charge in [-0.3, -0.25) is 4.79 Å². The van der Waals surface area contributed by atoms with Crippen LogP contribution in [0.4, 0.5) is 5.69 Å². The first kappa shape index (κ1) is 15.6. The van der Waals surface area contributed by atoms with Crippen molar-refractivity contribution in [2.45, 2.75) is 6.92 Å².